The quantitative estimate of drug-likeness (QED) is 0.468. The number of benzene rings is 1. The SMILES string of the molecule is Nc1cccc([N+](=O)[O-])c1N1CC(C(=O)O)CC1=O. The van der Waals surface area contributed by atoms with E-state index in [1.165, 1.54) is 18.2 Å². The van der Waals surface area contributed by atoms with Crippen LogP contribution in [0, 0.1) is 16.0 Å². The maximum absolute atomic E-state index is 11.8. The Balaban J connectivity index is 2.45. The first-order valence-electron chi connectivity index (χ1n) is 5.48. The van der Waals surface area contributed by atoms with Gasteiger partial charge in [-0.25, -0.2) is 0 Å². The van der Waals surface area contributed by atoms with Gasteiger partial charge in [0.1, 0.15) is 5.69 Å². The highest BCUT2D eigenvalue weighted by Gasteiger charge is 2.38. The Morgan fingerprint density at radius 3 is 2.74 bits per heavy atom. The molecule has 0 spiro atoms. The fourth-order valence-corrected chi connectivity index (χ4v) is 2.08. The predicted octanol–water partition coefficient (Wildman–Crippen LogP) is 0.614. The molecule has 1 amide bonds. The fourth-order valence-electron chi connectivity index (χ4n) is 2.08. The molecule has 8 nitrogen and oxygen atoms in total. The van der Waals surface area contributed by atoms with Crippen molar-refractivity contribution in [1.29, 1.82) is 0 Å². The van der Waals surface area contributed by atoms with E-state index in [9.17, 15) is 19.7 Å². The number of hydrogen-bond donors (Lipinski definition) is 2. The van der Waals surface area contributed by atoms with E-state index in [0.717, 1.165) is 4.90 Å². The summed E-state index contributed by atoms with van der Waals surface area (Å²) >= 11 is 0. The molecule has 1 heterocycles. The number of para-hydroxylation sites is 1. The van der Waals surface area contributed by atoms with Crippen molar-refractivity contribution in [2.45, 2.75) is 6.42 Å². The predicted molar refractivity (Wildman–Crippen MR) is 65.6 cm³/mol. The van der Waals surface area contributed by atoms with Crippen LogP contribution in [0.3, 0.4) is 0 Å². The van der Waals surface area contributed by atoms with Crippen molar-refractivity contribution in [2.24, 2.45) is 5.92 Å². The number of nitrogen functional groups attached to an aromatic ring is 1. The zero-order chi connectivity index (χ0) is 14.2. The molecule has 1 atom stereocenters. The van der Waals surface area contributed by atoms with Gasteiger partial charge in [0.15, 0.2) is 0 Å². The maximum Gasteiger partial charge on any atom is 0.308 e. The normalized spacial score (nSPS) is 18.6. The molecule has 8 heteroatoms. The molecule has 2 rings (SSSR count). The van der Waals surface area contributed by atoms with Gasteiger partial charge >= 0.3 is 5.97 Å². The molecule has 1 aromatic carbocycles. The van der Waals surface area contributed by atoms with Gasteiger partial charge in [-0.05, 0) is 6.07 Å². The average molecular weight is 265 g/mol. The number of aliphatic carboxylic acids is 1. The summed E-state index contributed by atoms with van der Waals surface area (Å²) in [7, 11) is 0. The number of anilines is 2. The maximum atomic E-state index is 11.8. The Labute approximate surface area is 107 Å². The van der Waals surface area contributed by atoms with Crippen molar-refractivity contribution in [1.82, 2.24) is 0 Å². The molecule has 0 bridgehead atoms. The molecule has 1 aliphatic heterocycles. The number of carbonyl (C=O) groups excluding carboxylic acids is 1. The van der Waals surface area contributed by atoms with Crippen LogP contribution in [0.15, 0.2) is 18.2 Å². The Kier molecular flexibility index (Phi) is 3.07. The van der Waals surface area contributed by atoms with Crippen LogP contribution < -0.4 is 10.6 Å². The Morgan fingerprint density at radius 2 is 2.21 bits per heavy atom. The van der Waals surface area contributed by atoms with Crippen LogP contribution in [0.2, 0.25) is 0 Å². The molecule has 0 saturated carbocycles. The summed E-state index contributed by atoms with van der Waals surface area (Å²) in [5, 5.41) is 19.8. The lowest BCUT2D eigenvalue weighted by atomic mass is 10.1. The molecule has 1 unspecified atom stereocenters. The minimum Gasteiger partial charge on any atom is -0.481 e. The second kappa shape index (κ2) is 4.56. The van der Waals surface area contributed by atoms with Gasteiger partial charge in [-0.2, -0.15) is 0 Å². The van der Waals surface area contributed by atoms with Gasteiger partial charge < -0.3 is 15.7 Å². The van der Waals surface area contributed by atoms with Crippen LogP contribution in [0.1, 0.15) is 6.42 Å². The van der Waals surface area contributed by atoms with Crippen molar-refractivity contribution in [3.8, 4) is 0 Å². The van der Waals surface area contributed by atoms with Gasteiger partial charge in [-0.15, -0.1) is 0 Å². The molecule has 3 N–H and O–H groups in total. The molecule has 1 aromatic rings. The molecule has 1 saturated heterocycles. The lowest BCUT2D eigenvalue weighted by Crippen LogP contribution is -2.27. The van der Waals surface area contributed by atoms with E-state index in [4.69, 9.17) is 10.8 Å². The van der Waals surface area contributed by atoms with Crippen molar-refractivity contribution >= 4 is 28.9 Å². The minimum atomic E-state index is -1.10. The van der Waals surface area contributed by atoms with Crippen molar-refractivity contribution in [2.75, 3.05) is 17.2 Å². The van der Waals surface area contributed by atoms with Crippen molar-refractivity contribution in [3.05, 3.63) is 28.3 Å². The fraction of sp³-hybridized carbons (Fsp3) is 0.273. The van der Waals surface area contributed by atoms with Gasteiger partial charge in [-0.1, -0.05) is 6.07 Å². The highest BCUT2D eigenvalue weighted by atomic mass is 16.6. The van der Waals surface area contributed by atoms with Crippen LogP contribution in [-0.4, -0.2) is 28.5 Å². The number of hydrogen-bond acceptors (Lipinski definition) is 5. The van der Waals surface area contributed by atoms with Crippen LogP contribution in [-0.2, 0) is 9.59 Å². The summed E-state index contributed by atoms with van der Waals surface area (Å²) in [6, 6.07) is 4.07. The zero-order valence-corrected chi connectivity index (χ0v) is 9.78. The molecule has 100 valence electrons. The number of nitro groups is 1. The number of amides is 1. The highest BCUT2D eigenvalue weighted by Crippen LogP contribution is 2.37. The topological polar surface area (TPSA) is 127 Å². The molecule has 1 aliphatic rings. The smallest absolute Gasteiger partial charge is 0.308 e. The number of nitrogens with two attached hydrogens (primary N) is 1. The van der Waals surface area contributed by atoms with Crippen LogP contribution in [0.5, 0.6) is 0 Å². The van der Waals surface area contributed by atoms with Gasteiger partial charge in [0.25, 0.3) is 5.69 Å². The van der Waals surface area contributed by atoms with E-state index in [1.54, 1.807) is 0 Å². The Morgan fingerprint density at radius 1 is 1.53 bits per heavy atom. The monoisotopic (exact) mass is 265 g/mol. The van der Waals surface area contributed by atoms with Crippen molar-refractivity contribution < 1.29 is 19.6 Å². The van der Waals surface area contributed by atoms with Crippen molar-refractivity contribution in [3.63, 3.8) is 0 Å². The third-order valence-electron chi connectivity index (χ3n) is 2.99. The largest absolute Gasteiger partial charge is 0.481 e. The molecular formula is C11H11N3O5. The molecule has 0 radical (unpaired) electrons. The summed E-state index contributed by atoms with van der Waals surface area (Å²) in [6.07, 6.45) is -0.180. The van der Waals surface area contributed by atoms with E-state index in [-0.39, 0.29) is 30.0 Å². The van der Waals surface area contributed by atoms with E-state index >= 15 is 0 Å². The zero-order valence-electron chi connectivity index (χ0n) is 9.78. The molecular weight excluding hydrogens is 254 g/mol. The minimum absolute atomic E-state index is 0.0266. The van der Waals surface area contributed by atoms with E-state index < -0.39 is 22.7 Å². The molecule has 0 aliphatic carbocycles. The molecule has 0 aromatic heterocycles. The lowest BCUT2D eigenvalue weighted by molar-refractivity contribution is -0.384. The number of carboxylic acid groups (broad SMARTS) is 1. The lowest BCUT2D eigenvalue weighted by Gasteiger charge is -2.17. The number of nitrogens with zero attached hydrogens (tertiary/aromatic N) is 2. The van der Waals surface area contributed by atoms with E-state index in [2.05, 4.69) is 0 Å². The third-order valence-corrected chi connectivity index (χ3v) is 2.99. The highest BCUT2D eigenvalue weighted by molar-refractivity contribution is 6.03. The standard InChI is InChI=1S/C11H11N3O5/c12-7-2-1-3-8(14(18)19)10(7)13-5-6(11(16)17)4-9(13)15/h1-3,6H,4-5,12H2,(H,16,17). The van der Waals surface area contributed by atoms with E-state index in [0.29, 0.717) is 0 Å². The second-order valence-electron chi connectivity index (χ2n) is 4.22. The molecule has 1 fully saturated rings. The third kappa shape index (κ3) is 2.19. The Bertz CT molecular complexity index is 571. The number of nitro benzene ring substituents is 1. The first-order valence-corrected chi connectivity index (χ1v) is 5.48. The summed E-state index contributed by atoms with van der Waals surface area (Å²) in [6.45, 7) is -0.108. The summed E-state index contributed by atoms with van der Waals surface area (Å²) < 4.78 is 0. The van der Waals surface area contributed by atoms with Crippen LogP contribution in [0.4, 0.5) is 17.1 Å². The summed E-state index contributed by atoms with van der Waals surface area (Å²) in [4.78, 5) is 34.1. The van der Waals surface area contributed by atoms with Crippen LogP contribution >= 0.6 is 0 Å². The second-order valence-corrected chi connectivity index (χ2v) is 4.22. The van der Waals surface area contributed by atoms with Gasteiger partial charge in [0.2, 0.25) is 5.91 Å². The summed E-state index contributed by atoms with van der Waals surface area (Å²) in [5.74, 6) is -2.45. The van der Waals surface area contributed by atoms with Gasteiger partial charge in [0.05, 0.1) is 16.5 Å². The first-order chi connectivity index (χ1) is 8.91. The average Bonchev–Trinajstić information content (AvgIpc) is 2.71. The van der Waals surface area contributed by atoms with Gasteiger partial charge in [-0.3, -0.25) is 19.7 Å². The number of carboxylic acids is 1. The Hall–Kier alpha value is -2.64. The number of rotatable bonds is 3. The summed E-state index contributed by atoms with van der Waals surface area (Å²) in [5.41, 5.74) is 5.42. The number of carbonyl (C=O) groups is 2. The first kappa shape index (κ1) is 12.8. The van der Waals surface area contributed by atoms with Gasteiger partial charge in [0, 0.05) is 19.0 Å². The molecule has 19 heavy (non-hydrogen) atoms. The van der Waals surface area contributed by atoms with Crippen LogP contribution in [0.25, 0.3) is 0 Å². The van der Waals surface area contributed by atoms with E-state index in [1.807, 2.05) is 0 Å².